The molecule has 0 saturated heterocycles. The number of hydrogen-bond donors (Lipinski definition) is 0. The molecule has 0 aliphatic heterocycles. The molecule has 13 heavy (non-hydrogen) atoms. The Morgan fingerprint density at radius 3 is 2.38 bits per heavy atom. The van der Waals surface area contributed by atoms with Gasteiger partial charge in [0.15, 0.2) is 0 Å². The van der Waals surface area contributed by atoms with Crippen LogP contribution in [0.25, 0.3) is 0 Å². The van der Waals surface area contributed by atoms with Crippen molar-refractivity contribution in [1.29, 1.82) is 0 Å². The van der Waals surface area contributed by atoms with E-state index in [1.165, 1.54) is 5.56 Å². The van der Waals surface area contributed by atoms with Crippen LogP contribution in [0.3, 0.4) is 0 Å². The maximum Gasteiger partial charge on any atom is 0.120 e. The first-order valence-electron chi connectivity index (χ1n) is 4.46. The van der Waals surface area contributed by atoms with Gasteiger partial charge in [-0.05, 0) is 30.5 Å². The lowest BCUT2D eigenvalue weighted by atomic mass is 9.93. The molecule has 2 rings (SSSR count). The van der Waals surface area contributed by atoms with E-state index in [2.05, 4.69) is 28.1 Å². The van der Waals surface area contributed by atoms with Crippen molar-refractivity contribution in [3.63, 3.8) is 0 Å². The van der Waals surface area contributed by atoms with E-state index >= 15 is 0 Å². The molecule has 0 heterocycles. The van der Waals surface area contributed by atoms with Gasteiger partial charge < -0.3 is 4.79 Å². The number of carbonyl (C=O) groups is 1. The summed E-state index contributed by atoms with van der Waals surface area (Å²) in [5.41, 5.74) is 1.51. The van der Waals surface area contributed by atoms with Gasteiger partial charge in [-0.15, -0.1) is 0 Å². The summed E-state index contributed by atoms with van der Waals surface area (Å²) < 4.78 is 1.10. The second kappa shape index (κ2) is 3.26. The van der Waals surface area contributed by atoms with Crippen molar-refractivity contribution in [3.8, 4) is 0 Å². The summed E-state index contributed by atoms with van der Waals surface area (Å²) in [5.74, 6) is 0. The summed E-state index contributed by atoms with van der Waals surface area (Å²) in [4.78, 5) is 10.5. The average molecular weight is 239 g/mol. The van der Waals surface area contributed by atoms with Gasteiger partial charge in [0.2, 0.25) is 0 Å². The van der Waals surface area contributed by atoms with E-state index in [1.54, 1.807) is 0 Å². The minimum absolute atomic E-state index is 0.197. The molecular weight excluding hydrogens is 228 g/mol. The SMILES string of the molecule is O=CCC1(c2ccc(Br)cc2)CC1. The van der Waals surface area contributed by atoms with Gasteiger partial charge in [-0.1, -0.05) is 28.1 Å². The Kier molecular flexibility index (Phi) is 2.24. The normalized spacial score (nSPS) is 18.2. The second-order valence-corrected chi connectivity index (χ2v) is 4.57. The van der Waals surface area contributed by atoms with Crippen LogP contribution in [0.15, 0.2) is 28.7 Å². The average Bonchev–Trinajstić information content (AvgIpc) is 2.87. The predicted octanol–water partition coefficient (Wildman–Crippen LogP) is 3.07. The fourth-order valence-electron chi connectivity index (χ4n) is 1.72. The second-order valence-electron chi connectivity index (χ2n) is 3.66. The first kappa shape index (κ1) is 8.95. The van der Waals surface area contributed by atoms with Crippen LogP contribution in [-0.4, -0.2) is 6.29 Å². The van der Waals surface area contributed by atoms with Gasteiger partial charge in [-0.25, -0.2) is 0 Å². The molecule has 1 aliphatic rings. The summed E-state index contributed by atoms with van der Waals surface area (Å²) in [7, 11) is 0. The standard InChI is InChI=1S/C11H11BrO/c12-10-3-1-9(2-4-10)11(5-6-11)7-8-13/h1-4,8H,5-7H2. The third-order valence-electron chi connectivity index (χ3n) is 2.78. The Morgan fingerprint density at radius 1 is 1.31 bits per heavy atom. The number of rotatable bonds is 3. The van der Waals surface area contributed by atoms with E-state index in [-0.39, 0.29) is 5.41 Å². The molecule has 2 heteroatoms. The first-order chi connectivity index (χ1) is 6.27. The van der Waals surface area contributed by atoms with Crippen LogP contribution in [-0.2, 0) is 10.2 Å². The Morgan fingerprint density at radius 2 is 1.92 bits per heavy atom. The van der Waals surface area contributed by atoms with Crippen molar-refractivity contribution >= 4 is 22.2 Å². The van der Waals surface area contributed by atoms with Gasteiger partial charge in [-0.3, -0.25) is 0 Å². The largest absolute Gasteiger partial charge is 0.303 e. The molecule has 1 fully saturated rings. The van der Waals surface area contributed by atoms with Crippen LogP contribution in [0, 0.1) is 0 Å². The summed E-state index contributed by atoms with van der Waals surface area (Å²) in [5, 5.41) is 0. The molecule has 0 atom stereocenters. The number of hydrogen-bond acceptors (Lipinski definition) is 1. The Labute approximate surface area is 86.3 Å². The van der Waals surface area contributed by atoms with Gasteiger partial charge in [0.1, 0.15) is 6.29 Å². The molecule has 0 radical (unpaired) electrons. The van der Waals surface area contributed by atoms with E-state index in [0.29, 0.717) is 6.42 Å². The molecule has 0 spiro atoms. The molecule has 1 saturated carbocycles. The number of halogens is 1. The fourth-order valence-corrected chi connectivity index (χ4v) is 1.99. The third kappa shape index (κ3) is 1.68. The highest BCUT2D eigenvalue weighted by atomic mass is 79.9. The molecule has 0 unspecified atom stereocenters. The van der Waals surface area contributed by atoms with Gasteiger partial charge >= 0.3 is 0 Å². The van der Waals surface area contributed by atoms with E-state index in [9.17, 15) is 4.79 Å². The molecule has 1 aromatic carbocycles. The molecule has 0 aromatic heterocycles. The summed E-state index contributed by atoms with van der Waals surface area (Å²) in [6.45, 7) is 0. The van der Waals surface area contributed by atoms with Crippen molar-refractivity contribution in [1.82, 2.24) is 0 Å². The van der Waals surface area contributed by atoms with Gasteiger partial charge in [0.25, 0.3) is 0 Å². The Balaban J connectivity index is 2.25. The quantitative estimate of drug-likeness (QED) is 0.741. The van der Waals surface area contributed by atoms with Crippen molar-refractivity contribution in [3.05, 3.63) is 34.3 Å². The summed E-state index contributed by atoms with van der Waals surface area (Å²) >= 11 is 3.40. The molecule has 0 N–H and O–H groups in total. The third-order valence-corrected chi connectivity index (χ3v) is 3.31. The Hall–Kier alpha value is -0.630. The van der Waals surface area contributed by atoms with Crippen LogP contribution < -0.4 is 0 Å². The van der Waals surface area contributed by atoms with Gasteiger partial charge in [0, 0.05) is 16.3 Å². The lowest BCUT2D eigenvalue weighted by Gasteiger charge is -2.11. The van der Waals surface area contributed by atoms with Gasteiger partial charge in [-0.2, -0.15) is 0 Å². The van der Waals surface area contributed by atoms with E-state index in [4.69, 9.17) is 0 Å². The van der Waals surface area contributed by atoms with Crippen molar-refractivity contribution in [2.75, 3.05) is 0 Å². The maximum atomic E-state index is 10.5. The van der Waals surface area contributed by atoms with Crippen molar-refractivity contribution in [2.45, 2.75) is 24.7 Å². The van der Waals surface area contributed by atoms with Crippen LogP contribution in [0.1, 0.15) is 24.8 Å². The Bertz CT molecular complexity index is 311. The summed E-state index contributed by atoms with van der Waals surface area (Å²) in [6, 6.07) is 8.31. The van der Waals surface area contributed by atoms with E-state index in [0.717, 1.165) is 23.6 Å². The highest BCUT2D eigenvalue weighted by molar-refractivity contribution is 9.10. The summed E-state index contributed by atoms with van der Waals surface area (Å²) in [6.07, 6.45) is 4.03. The van der Waals surface area contributed by atoms with Crippen LogP contribution in [0.2, 0.25) is 0 Å². The topological polar surface area (TPSA) is 17.1 Å². The zero-order valence-electron chi connectivity index (χ0n) is 7.29. The molecule has 68 valence electrons. The lowest BCUT2D eigenvalue weighted by Crippen LogP contribution is -2.06. The number of carbonyl (C=O) groups excluding carboxylic acids is 1. The minimum atomic E-state index is 0.197. The van der Waals surface area contributed by atoms with Crippen molar-refractivity contribution in [2.24, 2.45) is 0 Å². The number of aldehydes is 1. The van der Waals surface area contributed by atoms with E-state index in [1.807, 2.05) is 12.1 Å². The van der Waals surface area contributed by atoms with Crippen LogP contribution >= 0.6 is 15.9 Å². The van der Waals surface area contributed by atoms with E-state index < -0.39 is 0 Å². The number of benzene rings is 1. The zero-order chi connectivity index (χ0) is 9.31. The fraction of sp³-hybridized carbons (Fsp3) is 0.364. The smallest absolute Gasteiger partial charge is 0.120 e. The van der Waals surface area contributed by atoms with Gasteiger partial charge in [0.05, 0.1) is 0 Å². The van der Waals surface area contributed by atoms with Crippen molar-refractivity contribution < 1.29 is 4.79 Å². The predicted molar refractivity (Wildman–Crippen MR) is 55.7 cm³/mol. The van der Waals surface area contributed by atoms with Crippen LogP contribution in [0.5, 0.6) is 0 Å². The highest BCUT2D eigenvalue weighted by Crippen LogP contribution is 2.50. The maximum absolute atomic E-state index is 10.5. The lowest BCUT2D eigenvalue weighted by molar-refractivity contribution is -0.108. The van der Waals surface area contributed by atoms with Crippen LogP contribution in [0.4, 0.5) is 0 Å². The molecule has 0 bridgehead atoms. The molecule has 1 aromatic rings. The zero-order valence-corrected chi connectivity index (χ0v) is 8.88. The molecule has 1 nitrogen and oxygen atoms in total. The molecule has 0 amide bonds. The monoisotopic (exact) mass is 238 g/mol. The first-order valence-corrected chi connectivity index (χ1v) is 5.26. The highest BCUT2D eigenvalue weighted by Gasteiger charge is 2.43. The molecule has 1 aliphatic carbocycles. The molecular formula is C11H11BrO. The minimum Gasteiger partial charge on any atom is -0.303 e.